The molecule has 2 aromatic carbocycles. The highest BCUT2D eigenvalue weighted by molar-refractivity contribution is 5.86. The van der Waals surface area contributed by atoms with Crippen LogP contribution in [0.2, 0.25) is 0 Å². The Morgan fingerprint density at radius 2 is 1.76 bits per heavy atom. The van der Waals surface area contributed by atoms with Crippen LogP contribution >= 0.6 is 0 Å². The molecule has 0 aromatic heterocycles. The molecule has 1 atom stereocenters. The van der Waals surface area contributed by atoms with Crippen LogP contribution in [0.5, 0.6) is 5.75 Å². The zero-order valence-corrected chi connectivity index (χ0v) is 12.7. The summed E-state index contributed by atoms with van der Waals surface area (Å²) in [5, 5.41) is 18.9. The van der Waals surface area contributed by atoms with E-state index in [0.717, 1.165) is 28.5 Å². The standard InChI is InChI=1S/C14H14O3.C3H8O/c1-9(14(15)16)10-3-4-12-8-13(17-2)6-5-11(12)7-10;1-2-3-4/h3-9H,1-2H3,(H,15,16);4H,2-3H2,1H3. The van der Waals surface area contributed by atoms with Gasteiger partial charge in [-0.3, -0.25) is 4.79 Å². The van der Waals surface area contributed by atoms with Crippen molar-refractivity contribution in [3.8, 4) is 5.75 Å². The van der Waals surface area contributed by atoms with E-state index in [9.17, 15) is 4.79 Å². The van der Waals surface area contributed by atoms with E-state index < -0.39 is 11.9 Å². The molecule has 0 fully saturated rings. The highest BCUT2D eigenvalue weighted by Gasteiger charge is 2.13. The third-order valence-corrected chi connectivity index (χ3v) is 3.17. The Morgan fingerprint density at radius 1 is 1.19 bits per heavy atom. The van der Waals surface area contributed by atoms with Crippen molar-refractivity contribution in [2.75, 3.05) is 13.7 Å². The van der Waals surface area contributed by atoms with E-state index >= 15 is 0 Å². The van der Waals surface area contributed by atoms with Crippen molar-refractivity contribution in [2.45, 2.75) is 26.2 Å². The number of aliphatic carboxylic acids is 1. The number of hydrogen-bond acceptors (Lipinski definition) is 3. The molecule has 0 bridgehead atoms. The SMILES string of the molecule is CCCO.COc1ccc2cc(C(C)C(=O)O)ccc2c1. The lowest BCUT2D eigenvalue weighted by molar-refractivity contribution is -0.138. The molecule has 21 heavy (non-hydrogen) atoms. The fourth-order valence-corrected chi connectivity index (χ4v) is 1.78. The molecular weight excluding hydrogens is 268 g/mol. The number of methoxy groups -OCH3 is 1. The summed E-state index contributed by atoms with van der Waals surface area (Å²) < 4.78 is 5.14. The fourth-order valence-electron chi connectivity index (χ4n) is 1.78. The molecule has 2 N–H and O–H groups in total. The van der Waals surface area contributed by atoms with Gasteiger partial charge in [-0.2, -0.15) is 0 Å². The van der Waals surface area contributed by atoms with Gasteiger partial charge in [0.2, 0.25) is 0 Å². The Morgan fingerprint density at radius 3 is 2.29 bits per heavy atom. The monoisotopic (exact) mass is 290 g/mol. The normalized spacial score (nSPS) is 11.4. The molecule has 4 heteroatoms. The molecule has 0 heterocycles. The molecule has 0 saturated carbocycles. The molecule has 0 aliphatic heterocycles. The van der Waals surface area contributed by atoms with Crippen LogP contribution in [0.1, 0.15) is 31.7 Å². The van der Waals surface area contributed by atoms with Gasteiger partial charge in [-0.05, 0) is 41.8 Å². The Labute approximate surface area is 125 Å². The van der Waals surface area contributed by atoms with E-state index in [0.29, 0.717) is 6.61 Å². The van der Waals surface area contributed by atoms with Crippen LogP contribution in [0.15, 0.2) is 36.4 Å². The number of carbonyl (C=O) groups is 1. The minimum absolute atomic E-state index is 0.319. The summed E-state index contributed by atoms with van der Waals surface area (Å²) in [7, 11) is 1.63. The van der Waals surface area contributed by atoms with E-state index in [2.05, 4.69) is 0 Å². The summed E-state index contributed by atoms with van der Waals surface area (Å²) in [6.07, 6.45) is 0.875. The first-order valence-electron chi connectivity index (χ1n) is 6.94. The lowest BCUT2D eigenvalue weighted by Gasteiger charge is -2.08. The molecule has 2 rings (SSSR count). The van der Waals surface area contributed by atoms with Gasteiger partial charge < -0.3 is 14.9 Å². The molecule has 1 unspecified atom stereocenters. The van der Waals surface area contributed by atoms with Gasteiger partial charge in [-0.1, -0.05) is 31.2 Å². The number of carboxylic acids is 1. The van der Waals surface area contributed by atoms with Gasteiger partial charge in [-0.15, -0.1) is 0 Å². The van der Waals surface area contributed by atoms with Crippen LogP contribution in [0.25, 0.3) is 10.8 Å². The third kappa shape index (κ3) is 4.76. The minimum Gasteiger partial charge on any atom is -0.497 e. The molecule has 0 aliphatic rings. The second kappa shape index (κ2) is 8.27. The van der Waals surface area contributed by atoms with Gasteiger partial charge in [0.25, 0.3) is 0 Å². The van der Waals surface area contributed by atoms with E-state index in [1.54, 1.807) is 14.0 Å². The van der Waals surface area contributed by atoms with Crippen molar-refractivity contribution in [3.63, 3.8) is 0 Å². The van der Waals surface area contributed by atoms with E-state index in [-0.39, 0.29) is 0 Å². The van der Waals surface area contributed by atoms with Crippen LogP contribution in [-0.2, 0) is 4.79 Å². The lowest BCUT2D eigenvalue weighted by Crippen LogP contribution is -2.06. The Balaban J connectivity index is 0.000000491. The average molecular weight is 290 g/mol. The molecule has 4 nitrogen and oxygen atoms in total. The maximum Gasteiger partial charge on any atom is 0.310 e. The van der Waals surface area contributed by atoms with Crippen LogP contribution in [0.3, 0.4) is 0 Å². The van der Waals surface area contributed by atoms with Crippen molar-refractivity contribution in [1.82, 2.24) is 0 Å². The van der Waals surface area contributed by atoms with E-state index in [4.69, 9.17) is 14.9 Å². The highest BCUT2D eigenvalue weighted by Crippen LogP contribution is 2.25. The molecule has 0 amide bonds. The number of hydrogen-bond donors (Lipinski definition) is 2. The van der Waals surface area contributed by atoms with Gasteiger partial charge in [0.15, 0.2) is 0 Å². The van der Waals surface area contributed by atoms with Gasteiger partial charge in [-0.25, -0.2) is 0 Å². The van der Waals surface area contributed by atoms with Crippen molar-refractivity contribution in [3.05, 3.63) is 42.0 Å². The summed E-state index contributed by atoms with van der Waals surface area (Å²) in [5.74, 6) is -0.490. The summed E-state index contributed by atoms with van der Waals surface area (Å²) in [5.41, 5.74) is 0.815. The van der Waals surface area contributed by atoms with Crippen LogP contribution in [-0.4, -0.2) is 29.9 Å². The second-order valence-corrected chi connectivity index (χ2v) is 4.76. The van der Waals surface area contributed by atoms with Crippen molar-refractivity contribution in [2.24, 2.45) is 0 Å². The second-order valence-electron chi connectivity index (χ2n) is 4.76. The average Bonchev–Trinajstić information content (AvgIpc) is 2.53. The van der Waals surface area contributed by atoms with Crippen molar-refractivity contribution < 1.29 is 19.7 Å². The minimum atomic E-state index is -0.808. The Bertz CT molecular complexity index is 590. The predicted octanol–water partition coefficient (Wildman–Crippen LogP) is 3.43. The molecule has 114 valence electrons. The maximum absolute atomic E-state index is 10.9. The quantitative estimate of drug-likeness (QED) is 0.905. The topological polar surface area (TPSA) is 66.8 Å². The van der Waals surface area contributed by atoms with Crippen molar-refractivity contribution in [1.29, 1.82) is 0 Å². The summed E-state index contributed by atoms with van der Waals surface area (Å²) >= 11 is 0. The Kier molecular flexibility index (Phi) is 6.69. The summed E-state index contributed by atoms with van der Waals surface area (Å²) in [6, 6.07) is 11.4. The van der Waals surface area contributed by atoms with Crippen molar-refractivity contribution >= 4 is 16.7 Å². The molecule has 0 spiro atoms. The number of ether oxygens (including phenoxy) is 1. The molecule has 0 radical (unpaired) electrons. The fraction of sp³-hybridized carbons (Fsp3) is 0.353. The smallest absolute Gasteiger partial charge is 0.310 e. The van der Waals surface area contributed by atoms with Gasteiger partial charge >= 0.3 is 5.97 Å². The zero-order valence-electron chi connectivity index (χ0n) is 12.7. The number of fused-ring (bicyclic) bond motifs is 1. The Hall–Kier alpha value is -2.07. The number of rotatable bonds is 4. The molecular formula is C17H22O4. The highest BCUT2D eigenvalue weighted by atomic mass is 16.5. The van der Waals surface area contributed by atoms with Gasteiger partial charge in [0, 0.05) is 6.61 Å². The maximum atomic E-state index is 10.9. The largest absolute Gasteiger partial charge is 0.497 e. The first-order chi connectivity index (χ1) is 10.0. The lowest BCUT2D eigenvalue weighted by atomic mass is 9.98. The number of benzene rings is 2. The molecule has 2 aromatic rings. The summed E-state index contributed by atoms with van der Waals surface area (Å²) in [6.45, 7) is 3.94. The predicted molar refractivity (Wildman–Crippen MR) is 83.9 cm³/mol. The number of aliphatic hydroxyl groups excluding tert-OH is 1. The van der Waals surface area contributed by atoms with E-state index in [1.807, 2.05) is 43.3 Å². The first kappa shape index (κ1) is 17.0. The number of carboxylic acid groups (broad SMARTS) is 1. The van der Waals surface area contributed by atoms with Gasteiger partial charge in [0.05, 0.1) is 13.0 Å². The first-order valence-corrected chi connectivity index (χ1v) is 6.94. The zero-order chi connectivity index (χ0) is 15.8. The number of aliphatic hydroxyl groups is 1. The molecule has 0 aliphatic carbocycles. The van der Waals surface area contributed by atoms with Crippen LogP contribution < -0.4 is 4.74 Å². The van der Waals surface area contributed by atoms with Crippen LogP contribution in [0.4, 0.5) is 0 Å². The van der Waals surface area contributed by atoms with Crippen LogP contribution in [0, 0.1) is 0 Å². The molecule has 0 saturated heterocycles. The van der Waals surface area contributed by atoms with Gasteiger partial charge in [0.1, 0.15) is 5.75 Å². The summed E-state index contributed by atoms with van der Waals surface area (Å²) in [4.78, 5) is 10.9. The van der Waals surface area contributed by atoms with E-state index in [1.165, 1.54) is 0 Å². The third-order valence-electron chi connectivity index (χ3n) is 3.17.